The maximum Gasteiger partial charge on any atom is 0.285 e. The molecule has 126 valence electrons. The van der Waals surface area contributed by atoms with Crippen LogP contribution in [0.4, 0.5) is 5.13 Å². The number of benzene rings is 1. The van der Waals surface area contributed by atoms with Crippen molar-refractivity contribution in [2.45, 2.75) is 6.42 Å². The van der Waals surface area contributed by atoms with Crippen molar-refractivity contribution in [3.63, 3.8) is 0 Å². The van der Waals surface area contributed by atoms with Crippen molar-refractivity contribution in [2.24, 2.45) is 0 Å². The van der Waals surface area contributed by atoms with E-state index < -0.39 is 0 Å². The molecule has 1 aromatic carbocycles. The van der Waals surface area contributed by atoms with E-state index in [1.165, 1.54) is 11.3 Å². The minimum atomic E-state index is -0.300. The van der Waals surface area contributed by atoms with Gasteiger partial charge >= 0.3 is 0 Å². The maximum atomic E-state index is 12.2. The van der Waals surface area contributed by atoms with E-state index in [0.29, 0.717) is 37.9 Å². The highest BCUT2D eigenvalue weighted by Crippen LogP contribution is 2.24. The summed E-state index contributed by atoms with van der Waals surface area (Å²) in [7, 11) is 0. The summed E-state index contributed by atoms with van der Waals surface area (Å²) >= 11 is 12.8. The molecule has 1 aromatic heterocycles. The number of thiazole rings is 1. The highest BCUT2D eigenvalue weighted by molar-refractivity contribution is 7.82. The second-order valence-electron chi connectivity index (χ2n) is 5.26. The van der Waals surface area contributed by atoms with Gasteiger partial charge in [-0.3, -0.25) is 10.1 Å². The zero-order valence-electron chi connectivity index (χ0n) is 12.8. The molecule has 2 heterocycles. The Hall–Kier alpha value is -1.54. The lowest BCUT2D eigenvalue weighted by Gasteiger charge is -2.28. The summed E-state index contributed by atoms with van der Waals surface area (Å²) in [6.07, 6.45) is 2.43. The van der Waals surface area contributed by atoms with Gasteiger partial charge in [-0.15, -0.1) is 11.3 Å². The fraction of sp³-hybridized carbons (Fsp3) is 0.312. The van der Waals surface area contributed by atoms with Gasteiger partial charge in [-0.1, -0.05) is 42.0 Å². The van der Waals surface area contributed by atoms with E-state index in [-0.39, 0.29) is 10.9 Å². The van der Waals surface area contributed by atoms with E-state index in [9.17, 15) is 4.79 Å². The molecule has 5 nitrogen and oxygen atoms in total. The van der Waals surface area contributed by atoms with Crippen molar-refractivity contribution < 1.29 is 9.53 Å². The van der Waals surface area contributed by atoms with Crippen molar-refractivity contribution >= 4 is 51.2 Å². The van der Waals surface area contributed by atoms with Crippen LogP contribution >= 0.6 is 35.2 Å². The molecule has 0 spiro atoms. The molecule has 1 N–H and O–H groups in total. The summed E-state index contributed by atoms with van der Waals surface area (Å²) in [5, 5.41) is 4.04. The second kappa shape index (κ2) is 8.02. The van der Waals surface area contributed by atoms with E-state index in [1.54, 1.807) is 6.20 Å². The summed E-state index contributed by atoms with van der Waals surface area (Å²) in [5.41, 5.74) is 1.03. The number of carbonyl (C=O) groups excluding carboxylic acids is 1. The van der Waals surface area contributed by atoms with E-state index in [1.807, 2.05) is 29.2 Å². The van der Waals surface area contributed by atoms with Crippen LogP contribution in [-0.4, -0.2) is 47.1 Å². The molecule has 0 radical (unpaired) electrons. The Morgan fingerprint density at radius 2 is 2.12 bits per heavy atom. The van der Waals surface area contributed by atoms with Gasteiger partial charge in [0, 0.05) is 35.6 Å². The van der Waals surface area contributed by atoms with Crippen LogP contribution in [0, 0.1) is 0 Å². The van der Waals surface area contributed by atoms with Crippen molar-refractivity contribution in [3.05, 3.63) is 45.9 Å². The van der Waals surface area contributed by atoms with Crippen LogP contribution in [0.3, 0.4) is 0 Å². The molecule has 1 saturated heterocycles. The van der Waals surface area contributed by atoms with Crippen LogP contribution in [0.5, 0.6) is 0 Å². The Labute approximate surface area is 154 Å². The summed E-state index contributed by atoms with van der Waals surface area (Å²) < 4.78 is 5.26. The van der Waals surface area contributed by atoms with Crippen LogP contribution < -0.4 is 5.32 Å². The van der Waals surface area contributed by atoms with Gasteiger partial charge in [-0.25, -0.2) is 4.98 Å². The topological polar surface area (TPSA) is 54.5 Å². The van der Waals surface area contributed by atoms with Crippen LogP contribution in [0.2, 0.25) is 5.02 Å². The Kier molecular flexibility index (Phi) is 5.78. The average Bonchev–Trinajstić information content (AvgIpc) is 3.04. The van der Waals surface area contributed by atoms with E-state index >= 15 is 0 Å². The third-order valence-electron chi connectivity index (χ3n) is 3.59. The van der Waals surface area contributed by atoms with E-state index in [2.05, 4.69) is 10.3 Å². The molecule has 1 fully saturated rings. The zero-order valence-corrected chi connectivity index (χ0v) is 15.2. The number of hydrogen-bond acceptors (Lipinski definition) is 5. The number of anilines is 1. The number of nitrogens with one attached hydrogen (secondary N) is 1. The fourth-order valence-electron chi connectivity index (χ4n) is 2.34. The predicted octanol–water partition coefficient (Wildman–Crippen LogP) is 2.99. The largest absolute Gasteiger partial charge is 0.378 e. The van der Waals surface area contributed by atoms with Gasteiger partial charge in [0.1, 0.15) is 0 Å². The Morgan fingerprint density at radius 1 is 1.38 bits per heavy atom. The molecule has 8 heteroatoms. The van der Waals surface area contributed by atoms with Crippen molar-refractivity contribution in [1.82, 2.24) is 9.88 Å². The van der Waals surface area contributed by atoms with E-state index in [4.69, 9.17) is 28.6 Å². The van der Waals surface area contributed by atoms with Crippen LogP contribution in [-0.2, 0) is 16.0 Å². The Balaban J connectivity index is 1.60. The number of ether oxygens (including phenoxy) is 1. The molecule has 1 aliphatic rings. The number of morpholine rings is 1. The number of amides is 1. The molecule has 1 aliphatic heterocycles. The number of hydrogen-bond donors (Lipinski definition) is 1. The molecule has 1 amide bonds. The molecule has 2 aromatic rings. The first-order valence-corrected chi connectivity index (χ1v) is 9.10. The average molecular weight is 382 g/mol. The summed E-state index contributed by atoms with van der Waals surface area (Å²) in [5.74, 6) is -0.300. The highest BCUT2D eigenvalue weighted by Gasteiger charge is 2.20. The summed E-state index contributed by atoms with van der Waals surface area (Å²) in [4.78, 5) is 19.7. The lowest BCUT2D eigenvalue weighted by Crippen LogP contribution is -2.44. The fourth-order valence-corrected chi connectivity index (χ4v) is 3.60. The Bertz CT molecular complexity index is 744. The molecule has 0 aliphatic carbocycles. The number of thiocarbonyl (C=S) groups is 1. The summed E-state index contributed by atoms with van der Waals surface area (Å²) in [6, 6.07) is 7.69. The Morgan fingerprint density at radius 3 is 2.88 bits per heavy atom. The van der Waals surface area contributed by atoms with Gasteiger partial charge in [0.25, 0.3) is 5.91 Å². The normalized spacial score (nSPS) is 14.5. The molecule has 0 saturated carbocycles. The number of aromatic nitrogens is 1. The van der Waals surface area contributed by atoms with Gasteiger partial charge in [0.05, 0.1) is 13.2 Å². The van der Waals surface area contributed by atoms with Gasteiger partial charge in [-0.05, 0) is 11.6 Å². The maximum absolute atomic E-state index is 12.2. The molecule has 0 unspecified atom stereocenters. The third-order valence-corrected chi connectivity index (χ3v) is 5.31. The predicted molar refractivity (Wildman–Crippen MR) is 100.0 cm³/mol. The molecular formula is C16H16ClN3O2S2. The first-order chi connectivity index (χ1) is 11.6. The lowest BCUT2D eigenvalue weighted by atomic mass is 10.1. The minimum Gasteiger partial charge on any atom is -0.378 e. The van der Waals surface area contributed by atoms with Gasteiger partial charge in [-0.2, -0.15) is 0 Å². The van der Waals surface area contributed by atoms with Crippen molar-refractivity contribution in [3.8, 4) is 0 Å². The number of halogens is 1. The van der Waals surface area contributed by atoms with E-state index in [0.717, 1.165) is 15.5 Å². The number of nitrogens with zero attached hydrogens (tertiary/aromatic N) is 2. The standard InChI is InChI=1S/C16H16ClN3O2S2/c17-13-4-2-1-3-11(13)9-12-10-18-16(24-12)19-14(21)15(23)20-5-7-22-8-6-20/h1-4,10H,5-9H2,(H,18,19,21). The SMILES string of the molecule is O=C(Nc1ncc(Cc2ccccc2Cl)s1)C(=S)N1CCOCC1. The van der Waals surface area contributed by atoms with Crippen LogP contribution in [0.25, 0.3) is 0 Å². The summed E-state index contributed by atoms with van der Waals surface area (Å²) in [6.45, 7) is 2.46. The van der Waals surface area contributed by atoms with Crippen LogP contribution in [0.15, 0.2) is 30.5 Å². The minimum absolute atomic E-state index is 0.279. The smallest absolute Gasteiger partial charge is 0.285 e. The molecule has 3 rings (SSSR count). The van der Waals surface area contributed by atoms with Crippen molar-refractivity contribution in [1.29, 1.82) is 0 Å². The monoisotopic (exact) mass is 381 g/mol. The van der Waals surface area contributed by atoms with Crippen molar-refractivity contribution in [2.75, 3.05) is 31.6 Å². The number of rotatable bonds is 3. The zero-order chi connectivity index (χ0) is 16.9. The lowest BCUT2D eigenvalue weighted by molar-refractivity contribution is -0.111. The molecule has 0 bridgehead atoms. The highest BCUT2D eigenvalue weighted by atomic mass is 35.5. The van der Waals surface area contributed by atoms with Crippen LogP contribution in [0.1, 0.15) is 10.4 Å². The van der Waals surface area contributed by atoms with Gasteiger partial charge in [0.2, 0.25) is 0 Å². The molecule has 24 heavy (non-hydrogen) atoms. The van der Waals surface area contributed by atoms with Gasteiger partial charge < -0.3 is 9.64 Å². The number of carbonyl (C=O) groups is 1. The third kappa shape index (κ3) is 4.30. The molecular weight excluding hydrogens is 366 g/mol. The first kappa shape index (κ1) is 17.3. The first-order valence-electron chi connectivity index (χ1n) is 7.49. The quantitative estimate of drug-likeness (QED) is 0.828. The second-order valence-corrected chi connectivity index (χ2v) is 7.17. The molecule has 0 atom stereocenters. The van der Waals surface area contributed by atoms with Gasteiger partial charge in [0.15, 0.2) is 10.1 Å².